The quantitative estimate of drug-likeness (QED) is 0.466. The average Bonchev–Trinajstić information content (AvgIpc) is 3.26. The molecule has 0 saturated heterocycles. The van der Waals surface area contributed by atoms with Crippen molar-refractivity contribution in [3.63, 3.8) is 0 Å². The molecule has 8 nitrogen and oxygen atoms in total. The van der Waals surface area contributed by atoms with Gasteiger partial charge in [0.15, 0.2) is 5.82 Å². The summed E-state index contributed by atoms with van der Waals surface area (Å²) < 4.78 is 74.3. The highest BCUT2D eigenvalue weighted by molar-refractivity contribution is 5.98. The summed E-state index contributed by atoms with van der Waals surface area (Å²) in [4.78, 5) is 19.1. The zero-order valence-electron chi connectivity index (χ0n) is 17.4. The smallest absolute Gasteiger partial charge is 0.475 e. The van der Waals surface area contributed by atoms with Gasteiger partial charge in [0, 0.05) is 18.7 Å². The van der Waals surface area contributed by atoms with Gasteiger partial charge in [-0.25, -0.2) is 13.8 Å². The average molecular weight is 471 g/mol. The Kier molecular flexibility index (Phi) is 7.09. The Hall–Kier alpha value is -3.77. The third-order valence-electron chi connectivity index (χ3n) is 4.43. The minimum Gasteiger partial charge on any atom is -0.475 e. The topological polar surface area (TPSA) is 82.4 Å². The molecule has 2 heterocycles. The van der Waals surface area contributed by atoms with Crippen LogP contribution in [0.2, 0.25) is 0 Å². The maximum atomic E-state index is 14.5. The lowest BCUT2D eigenvalue weighted by Gasteiger charge is -2.28. The molecule has 0 N–H and O–H groups in total. The van der Waals surface area contributed by atoms with Crippen LogP contribution in [0, 0.1) is 11.6 Å². The van der Waals surface area contributed by atoms with E-state index in [1.807, 2.05) is 0 Å². The summed E-state index contributed by atoms with van der Waals surface area (Å²) in [6, 6.07) is 3.12. The Balaban J connectivity index is 1.75. The molecule has 0 aliphatic rings. The van der Waals surface area contributed by atoms with E-state index in [0.29, 0.717) is 6.07 Å². The van der Waals surface area contributed by atoms with Gasteiger partial charge < -0.3 is 14.4 Å². The number of rotatable bonds is 8. The number of hydrogen-bond donors (Lipinski definition) is 0. The second kappa shape index (κ2) is 9.79. The highest BCUT2D eigenvalue weighted by atomic mass is 19.4. The maximum Gasteiger partial charge on any atom is 0.573 e. The number of halogens is 5. The van der Waals surface area contributed by atoms with Crippen molar-refractivity contribution in [2.45, 2.75) is 26.3 Å². The van der Waals surface area contributed by atoms with E-state index >= 15 is 0 Å². The van der Waals surface area contributed by atoms with Gasteiger partial charge in [0.25, 0.3) is 5.91 Å². The van der Waals surface area contributed by atoms with E-state index in [1.54, 1.807) is 13.8 Å². The number of nitrogens with zero attached hydrogens (tertiary/aromatic N) is 5. The van der Waals surface area contributed by atoms with Crippen LogP contribution in [0.3, 0.4) is 0 Å². The molecule has 176 valence electrons. The number of amides is 1. The molecule has 1 atom stereocenters. The van der Waals surface area contributed by atoms with Crippen molar-refractivity contribution in [2.75, 3.05) is 13.2 Å². The van der Waals surface area contributed by atoms with Crippen LogP contribution in [0.15, 0.2) is 42.9 Å². The van der Waals surface area contributed by atoms with Gasteiger partial charge in [-0.3, -0.25) is 4.79 Å². The number of carbonyl (C=O) groups is 1. The summed E-state index contributed by atoms with van der Waals surface area (Å²) in [5, 5.41) is 7.63. The lowest BCUT2D eigenvalue weighted by molar-refractivity contribution is -0.274. The second-order valence-corrected chi connectivity index (χ2v) is 6.73. The van der Waals surface area contributed by atoms with Gasteiger partial charge in [-0.2, -0.15) is 10.2 Å². The third kappa shape index (κ3) is 5.93. The summed E-state index contributed by atoms with van der Waals surface area (Å²) in [7, 11) is 0. The van der Waals surface area contributed by atoms with E-state index in [2.05, 4.69) is 19.9 Å². The highest BCUT2D eigenvalue weighted by Gasteiger charge is 2.31. The zero-order chi connectivity index (χ0) is 24.2. The highest BCUT2D eigenvalue weighted by Crippen LogP contribution is 2.24. The standard InChI is InChI=1S/C20H18F5N5O3/c1-3-29(12(2)11-32-17-5-4-14(10-26-17)33-20(23,24)25)19(31)15-8-13(21)9-16(22)18(15)30-27-6-7-28-30/h4-10,12H,3,11H2,1-2H3/t12-/m0/s1. The van der Waals surface area contributed by atoms with E-state index in [0.717, 1.165) is 23.1 Å². The van der Waals surface area contributed by atoms with Crippen LogP contribution in [0.4, 0.5) is 22.0 Å². The molecule has 1 aromatic carbocycles. The Bertz CT molecular complexity index is 1090. The lowest BCUT2D eigenvalue weighted by Crippen LogP contribution is -2.42. The largest absolute Gasteiger partial charge is 0.573 e. The van der Waals surface area contributed by atoms with Crippen molar-refractivity contribution < 1.29 is 36.2 Å². The number of ether oxygens (including phenoxy) is 2. The van der Waals surface area contributed by atoms with Crippen molar-refractivity contribution >= 4 is 5.91 Å². The molecule has 3 rings (SSSR count). The first-order valence-electron chi connectivity index (χ1n) is 9.60. The SMILES string of the molecule is CCN(C(=O)c1cc(F)cc(F)c1-n1nccn1)[C@@H](C)COc1ccc(OC(F)(F)F)cn1. The van der Waals surface area contributed by atoms with E-state index in [9.17, 15) is 26.7 Å². The molecule has 0 saturated carbocycles. The molecule has 0 spiro atoms. The normalized spacial score (nSPS) is 12.3. The van der Waals surface area contributed by atoms with Crippen molar-refractivity contribution in [1.82, 2.24) is 24.9 Å². The zero-order valence-corrected chi connectivity index (χ0v) is 17.4. The number of aromatic nitrogens is 4. The Labute approximate surface area is 184 Å². The van der Waals surface area contributed by atoms with E-state index in [-0.39, 0.29) is 30.3 Å². The molecule has 3 aromatic rings. The molecular formula is C20H18F5N5O3. The van der Waals surface area contributed by atoms with Crippen LogP contribution in [0.25, 0.3) is 5.69 Å². The number of carbonyl (C=O) groups excluding carboxylic acids is 1. The molecule has 13 heteroatoms. The number of hydrogen-bond acceptors (Lipinski definition) is 6. The fourth-order valence-corrected chi connectivity index (χ4v) is 3.02. The van der Waals surface area contributed by atoms with Gasteiger partial charge in [-0.1, -0.05) is 0 Å². The Morgan fingerprint density at radius 2 is 1.88 bits per heavy atom. The molecule has 0 bridgehead atoms. The van der Waals surface area contributed by atoms with E-state index < -0.39 is 35.7 Å². The van der Waals surface area contributed by atoms with Crippen molar-refractivity contribution in [3.8, 4) is 17.3 Å². The monoisotopic (exact) mass is 471 g/mol. The van der Waals surface area contributed by atoms with Crippen LogP contribution in [-0.4, -0.2) is 56.3 Å². The first kappa shape index (κ1) is 23.9. The van der Waals surface area contributed by atoms with Crippen LogP contribution >= 0.6 is 0 Å². The van der Waals surface area contributed by atoms with Crippen molar-refractivity contribution in [3.05, 3.63) is 60.1 Å². The predicted molar refractivity (Wildman–Crippen MR) is 104 cm³/mol. The Morgan fingerprint density at radius 1 is 1.18 bits per heavy atom. The Morgan fingerprint density at radius 3 is 2.45 bits per heavy atom. The fourth-order valence-electron chi connectivity index (χ4n) is 3.02. The van der Waals surface area contributed by atoms with Gasteiger partial charge in [0.05, 0.1) is 30.2 Å². The van der Waals surface area contributed by atoms with Gasteiger partial charge in [0.1, 0.15) is 23.9 Å². The third-order valence-corrected chi connectivity index (χ3v) is 4.43. The second-order valence-electron chi connectivity index (χ2n) is 6.73. The molecule has 0 aliphatic heterocycles. The summed E-state index contributed by atoms with van der Waals surface area (Å²) in [6.07, 6.45) is -1.44. The molecule has 0 radical (unpaired) electrons. The molecule has 0 aliphatic carbocycles. The number of alkyl halides is 3. The van der Waals surface area contributed by atoms with Crippen LogP contribution in [-0.2, 0) is 0 Å². The summed E-state index contributed by atoms with van der Waals surface area (Å²) in [6.45, 7) is 3.36. The minimum absolute atomic E-state index is 0.00175. The molecular weight excluding hydrogens is 453 g/mol. The summed E-state index contributed by atoms with van der Waals surface area (Å²) >= 11 is 0. The van der Waals surface area contributed by atoms with Crippen molar-refractivity contribution in [2.24, 2.45) is 0 Å². The minimum atomic E-state index is -4.85. The van der Waals surface area contributed by atoms with Gasteiger partial charge >= 0.3 is 6.36 Å². The summed E-state index contributed by atoms with van der Waals surface area (Å²) in [5.74, 6) is -3.17. The first-order chi connectivity index (χ1) is 15.6. The van der Waals surface area contributed by atoms with Gasteiger partial charge in [0.2, 0.25) is 5.88 Å². The number of likely N-dealkylation sites (N-methyl/N-ethyl adjacent to an activating group) is 1. The molecule has 2 aromatic heterocycles. The fraction of sp³-hybridized carbons (Fsp3) is 0.300. The maximum absolute atomic E-state index is 14.5. The summed E-state index contributed by atoms with van der Waals surface area (Å²) in [5.41, 5.74) is -0.593. The molecule has 33 heavy (non-hydrogen) atoms. The molecule has 0 fully saturated rings. The molecule has 1 amide bonds. The number of pyridine rings is 1. The van der Waals surface area contributed by atoms with Gasteiger partial charge in [-0.15, -0.1) is 18.0 Å². The van der Waals surface area contributed by atoms with Crippen LogP contribution in [0.1, 0.15) is 24.2 Å². The van der Waals surface area contributed by atoms with E-state index in [1.165, 1.54) is 23.4 Å². The lowest BCUT2D eigenvalue weighted by atomic mass is 10.1. The molecule has 0 unspecified atom stereocenters. The van der Waals surface area contributed by atoms with Gasteiger partial charge in [-0.05, 0) is 26.0 Å². The van der Waals surface area contributed by atoms with Crippen LogP contribution in [0.5, 0.6) is 11.6 Å². The predicted octanol–water partition coefficient (Wildman–Crippen LogP) is 3.77. The van der Waals surface area contributed by atoms with Crippen LogP contribution < -0.4 is 9.47 Å². The first-order valence-corrected chi connectivity index (χ1v) is 9.60. The number of benzene rings is 1. The van der Waals surface area contributed by atoms with Crippen molar-refractivity contribution in [1.29, 1.82) is 0 Å². The van der Waals surface area contributed by atoms with E-state index in [4.69, 9.17) is 4.74 Å².